The monoisotopic (exact) mass is 398 g/mol. The number of esters is 1. The minimum atomic E-state index is -0.198. The van der Waals surface area contributed by atoms with Crippen molar-refractivity contribution < 1.29 is 14.3 Å². The highest BCUT2D eigenvalue weighted by molar-refractivity contribution is 5.85. The number of fused-ring (bicyclic) bond motifs is 5. The lowest BCUT2D eigenvalue weighted by Crippen LogP contribution is -2.57. The highest BCUT2D eigenvalue weighted by Crippen LogP contribution is 2.73. The van der Waals surface area contributed by atoms with Crippen LogP contribution in [0.3, 0.4) is 0 Å². The molecule has 0 amide bonds. The van der Waals surface area contributed by atoms with Gasteiger partial charge in [0.1, 0.15) is 5.78 Å². The van der Waals surface area contributed by atoms with Gasteiger partial charge in [-0.1, -0.05) is 46.3 Å². The van der Waals surface area contributed by atoms with Crippen LogP contribution in [-0.2, 0) is 14.3 Å². The van der Waals surface area contributed by atoms with Crippen LogP contribution in [0.15, 0.2) is 11.6 Å². The first kappa shape index (κ1) is 19.8. The normalized spacial score (nSPS) is 51.0. The smallest absolute Gasteiger partial charge is 0.306 e. The number of hydrogen-bond acceptors (Lipinski definition) is 3. The van der Waals surface area contributed by atoms with Crippen LogP contribution in [0, 0.1) is 45.3 Å². The molecular formula is C26H38O3. The van der Waals surface area contributed by atoms with E-state index in [1.54, 1.807) is 5.57 Å². The number of Topliss-reactive ketones (excluding diaryl/α,β-unsaturated/α-hetero) is 1. The average Bonchev–Trinajstić information content (AvgIpc) is 3.19. The molecule has 3 unspecified atom stereocenters. The van der Waals surface area contributed by atoms with Crippen LogP contribution in [0.5, 0.6) is 0 Å². The van der Waals surface area contributed by atoms with Gasteiger partial charge in [-0.05, 0) is 72.5 Å². The Morgan fingerprint density at radius 2 is 1.76 bits per heavy atom. The van der Waals surface area contributed by atoms with E-state index in [2.05, 4.69) is 40.7 Å². The van der Waals surface area contributed by atoms with Crippen molar-refractivity contribution in [1.29, 1.82) is 0 Å². The number of hydrogen-bond donors (Lipinski definition) is 0. The molecule has 0 aromatic rings. The summed E-state index contributed by atoms with van der Waals surface area (Å²) >= 11 is 0. The Bertz CT molecular complexity index is 794. The summed E-state index contributed by atoms with van der Waals surface area (Å²) in [6, 6.07) is 0. The molecule has 1 heterocycles. The molecule has 3 heteroatoms. The molecule has 0 spiro atoms. The first-order valence-corrected chi connectivity index (χ1v) is 11.9. The quantitative estimate of drug-likeness (QED) is 0.419. The van der Waals surface area contributed by atoms with E-state index >= 15 is 0 Å². The van der Waals surface area contributed by atoms with Gasteiger partial charge < -0.3 is 4.74 Å². The van der Waals surface area contributed by atoms with E-state index in [0.29, 0.717) is 42.5 Å². The highest BCUT2D eigenvalue weighted by atomic mass is 16.5. The van der Waals surface area contributed by atoms with Crippen molar-refractivity contribution in [2.45, 2.75) is 86.0 Å². The van der Waals surface area contributed by atoms with E-state index in [1.807, 2.05) is 0 Å². The van der Waals surface area contributed by atoms with Gasteiger partial charge in [-0.25, -0.2) is 0 Å². The zero-order valence-electron chi connectivity index (χ0n) is 19.0. The molecule has 4 aliphatic carbocycles. The first-order chi connectivity index (χ1) is 13.5. The van der Waals surface area contributed by atoms with Crippen molar-refractivity contribution in [3.63, 3.8) is 0 Å². The predicted octanol–water partition coefficient (Wildman–Crippen LogP) is 5.72. The first-order valence-electron chi connectivity index (χ1n) is 11.9. The molecule has 1 aliphatic heterocycles. The Morgan fingerprint density at radius 3 is 2.45 bits per heavy atom. The summed E-state index contributed by atoms with van der Waals surface area (Å²) in [6.45, 7) is 12.6. The molecule has 0 N–H and O–H groups in total. The van der Waals surface area contributed by atoms with E-state index in [9.17, 15) is 9.59 Å². The molecule has 1 saturated heterocycles. The molecule has 29 heavy (non-hydrogen) atoms. The second kappa shape index (κ2) is 5.98. The summed E-state index contributed by atoms with van der Waals surface area (Å²) in [5, 5.41) is 0. The topological polar surface area (TPSA) is 43.4 Å². The molecule has 5 rings (SSSR count). The number of carbonyl (C=O) groups excluding carboxylic acids is 2. The molecule has 3 nitrogen and oxygen atoms in total. The molecular weight excluding hydrogens is 360 g/mol. The van der Waals surface area contributed by atoms with E-state index in [-0.39, 0.29) is 27.6 Å². The van der Waals surface area contributed by atoms with E-state index in [4.69, 9.17) is 4.74 Å². The highest BCUT2D eigenvalue weighted by Gasteiger charge is 2.65. The van der Waals surface area contributed by atoms with Gasteiger partial charge in [-0.2, -0.15) is 0 Å². The van der Waals surface area contributed by atoms with Crippen molar-refractivity contribution in [1.82, 2.24) is 0 Å². The number of allylic oxidation sites excluding steroid dienone is 2. The average molecular weight is 399 g/mol. The van der Waals surface area contributed by atoms with Gasteiger partial charge in [0, 0.05) is 17.8 Å². The Labute approximate surface area is 176 Å². The van der Waals surface area contributed by atoms with Crippen molar-refractivity contribution in [3.8, 4) is 0 Å². The summed E-state index contributed by atoms with van der Waals surface area (Å²) in [5.41, 5.74) is 2.25. The fourth-order valence-electron chi connectivity index (χ4n) is 9.10. The minimum absolute atomic E-state index is 0.00206. The van der Waals surface area contributed by atoms with E-state index < -0.39 is 0 Å². The Morgan fingerprint density at radius 1 is 1.00 bits per heavy atom. The molecule has 5 aliphatic rings. The number of ketones is 1. The van der Waals surface area contributed by atoms with E-state index in [0.717, 1.165) is 19.3 Å². The van der Waals surface area contributed by atoms with Gasteiger partial charge in [-0.15, -0.1) is 0 Å². The van der Waals surface area contributed by atoms with Crippen LogP contribution in [0.2, 0.25) is 0 Å². The third-order valence-electron chi connectivity index (χ3n) is 11.1. The van der Waals surface area contributed by atoms with Crippen LogP contribution < -0.4 is 0 Å². The van der Waals surface area contributed by atoms with Crippen molar-refractivity contribution in [3.05, 3.63) is 11.6 Å². The van der Waals surface area contributed by atoms with Crippen LogP contribution in [0.25, 0.3) is 0 Å². The maximum Gasteiger partial charge on any atom is 0.306 e. The molecule has 3 saturated carbocycles. The van der Waals surface area contributed by atoms with Gasteiger partial charge in [0.2, 0.25) is 0 Å². The van der Waals surface area contributed by atoms with Gasteiger partial charge in [-0.3, -0.25) is 9.59 Å². The maximum absolute atomic E-state index is 12.7. The molecule has 7 atom stereocenters. The van der Waals surface area contributed by atoms with Crippen LogP contribution >= 0.6 is 0 Å². The second-order valence-electron chi connectivity index (χ2n) is 12.2. The Hall–Kier alpha value is -1.12. The van der Waals surface area contributed by atoms with Gasteiger partial charge in [0.05, 0.1) is 13.0 Å². The van der Waals surface area contributed by atoms with Crippen molar-refractivity contribution in [2.24, 2.45) is 45.3 Å². The summed E-state index contributed by atoms with van der Waals surface area (Å²) < 4.78 is 5.38. The summed E-state index contributed by atoms with van der Waals surface area (Å²) in [5.74, 6) is 2.56. The number of ether oxygens (including phenoxy) is 1. The lowest BCUT2D eigenvalue weighted by Gasteiger charge is -2.63. The van der Waals surface area contributed by atoms with Crippen LogP contribution in [0.4, 0.5) is 0 Å². The van der Waals surface area contributed by atoms with Gasteiger partial charge in [0.25, 0.3) is 0 Å². The standard InChI is InChI=1S/C26H38O3/c1-23(2)20-7-6-19-18(24(20,3)11-10-21(23)27)9-13-25(4)17(8-12-26(19,25)5)16-14-22(28)29-15-16/h6,16-18,20H,7-15H2,1-5H3/t16?,17-,18?,20?,24+,25-,26+/m0/s1. The summed E-state index contributed by atoms with van der Waals surface area (Å²) in [6.07, 6.45) is 11.0. The predicted molar refractivity (Wildman–Crippen MR) is 113 cm³/mol. The number of carbonyl (C=O) groups is 2. The molecule has 4 fully saturated rings. The fourth-order valence-corrected chi connectivity index (χ4v) is 9.10. The minimum Gasteiger partial charge on any atom is -0.465 e. The summed E-state index contributed by atoms with van der Waals surface area (Å²) in [4.78, 5) is 24.5. The fraction of sp³-hybridized carbons (Fsp3) is 0.846. The lowest BCUT2D eigenvalue weighted by atomic mass is 9.41. The second-order valence-corrected chi connectivity index (χ2v) is 12.2. The summed E-state index contributed by atoms with van der Waals surface area (Å²) in [7, 11) is 0. The molecule has 0 aromatic carbocycles. The SMILES string of the molecule is CC1(C)C(=O)CC[C@]2(C)C3CC[C@@]4(C)[C@H](C5COC(=O)C5)CC[C@]4(C)C3=CCC12. The van der Waals surface area contributed by atoms with Crippen LogP contribution in [0.1, 0.15) is 86.0 Å². The Kier molecular flexibility index (Phi) is 4.09. The zero-order valence-corrected chi connectivity index (χ0v) is 19.0. The largest absolute Gasteiger partial charge is 0.465 e. The molecule has 0 bridgehead atoms. The van der Waals surface area contributed by atoms with Gasteiger partial charge in [0.15, 0.2) is 0 Å². The Balaban J connectivity index is 1.52. The molecule has 0 aromatic heterocycles. The molecule has 0 radical (unpaired) electrons. The lowest BCUT2D eigenvalue weighted by molar-refractivity contribution is -0.146. The number of rotatable bonds is 1. The number of cyclic esters (lactones) is 1. The third kappa shape index (κ3) is 2.36. The van der Waals surface area contributed by atoms with Gasteiger partial charge >= 0.3 is 5.97 Å². The van der Waals surface area contributed by atoms with Crippen molar-refractivity contribution in [2.75, 3.05) is 6.61 Å². The molecule has 160 valence electrons. The zero-order chi connectivity index (χ0) is 20.8. The van der Waals surface area contributed by atoms with Crippen LogP contribution in [-0.4, -0.2) is 18.4 Å². The van der Waals surface area contributed by atoms with E-state index in [1.165, 1.54) is 25.7 Å². The maximum atomic E-state index is 12.7. The third-order valence-corrected chi connectivity index (χ3v) is 11.1. The van der Waals surface area contributed by atoms with Crippen molar-refractivity contribution >= 4 is 11.8 Å².